The molecule has 0 bridgehead atoms. The van der Waals surface area contributed by atoms with Crippen LogP contribution in [0, 0.1) is 0 Å². The highest BCUT2D eigenvalue weighted by atomic mass is 16.4. The summed E-state index contributed by atoms with van der Waals surface area (Å²) in [6.07, 6.45) is 5.44. The summed E-state index contributed by atoms with van der Waals surface area (Å²) in [4.78, 5) is 10.6. The molecule has 0 saturated heterocycles. The van der Waals surface area contributed by atoms with Gasteiger partial charge in [-0.2, -0.15) is 0 Å². The van der Waals surface area contributed by atoms with E-state index >= 15 is 0 Å². The van der Waals surface area contributed by atoms with Crippen LogP contribution in [-0.2, 0) is 11.2 Å². The van der Waals surface area contributed by atoms with Crippen molar-refractivity contribution in [3.63, 3.8) is 0 Å². The van der Waals surface area contributed by atoms with Crippen LogP contribution in [0.25, 0.3) is 6.08 Å². The van der Waals surface area contributed by atoms with Crippen LogP contribution >= 0.6 is 0 Å². The molecule has 0 fully saturated rings. The van der Waals surface area contributed by atoms with Gasteiger partial charge in [0.15, 0.2) is 0 Å². The molecule has 2 rings (SSSR count). The molecule has 78 valence electrons. The molecule has 2 nitrogen and oxygen atoms in total. The van der Waals surface area contributed by atoms with E-state index in [0.29, 0.717) is 0 Å². The van der Waals surface area contributed by atoms with Crippen molar-refractivity contribution < 1.29 is 9.90 Å². The first-order valence-corrected chi connectivity index (χ1v) is 5.18. The van der Waals surface area contributed by atoms with E-state index < -0.39 is 5.97 Å². The van der Waals surface area contributed by atoms with Crippen molar-refractivity contribution in [2.45, 2.75) is 25.7 Å². The normalized spacial score (nSPS) is 15.0. The van der Waals surface area contributed by atoms with Crippen LogP contribution in [0.3, 0.4) is 0 Å². The van der Waals surface area contributed by atoms with Gasteiger partial charge in [0.25, 0.3) is 0 Å². The Morgan fingerprint density at radius 1 is 1.53 bits per heavy atom. The maximum absolute atomic E-state index is 10.6. The number of benzene rings is 1. The van der Waals surface area contributed by atoms with Gasteiger partial charge in [0, 0.05) is 0 Å². The minimum atomic E-state index is -0.737. The van der Waals surface area contributed by atoms with E-state index in [0.717, 1.165) is 12.0 Å². The number of aliphatic carboxylic acids is 1. The standard InChI is InChI=1S/C13H14O2/c1-9(7-13(14)15)11-6-5-10-3-2-4-12(10)8-11/h2,4-6,8-9H,3,7H2,1H3,(H,14,15). The lowest BCUT2D eigenvalue weighted by molar-refractivity contribution is -0.137. The quantitative estimate of drug-likeness (QED) is 0.818. The number of carboxylic acid groups (broad SMARTS) is 1. The van der Waals surface area contributed by atoms with Crippen LogP contribution in [-0.4, -0.2) is 11.1 Å². The van der Waals surface area contributed by atoms with Crippen molar-refractivity contribution >= 4 is 12.0 Å². The predicted molar refractivity (Wildman–Crippen MR) is 59.8 cm³/mol. The topological polar surface area (TPSA) is 37.3 Å². The molecule has 1 aromatic rings. The fourth-order valence-corrected chi connectivity index (χ4v) is 1.95. The lowest BCUT2D eigenvalue weighted by Crippen LogP contribution is -2.03. The molecule has 1 aromatic carbocycles. The molecule has 1 aliphatic rings. The number of rotatable bonds is 3. The minimum Gasteiger partial charge on any atom is -0.481 e. The largest absolute Gasteiger partial charge is 0.481 e. The van der Waals surface area contributed by atoms with Crippen molar-refractivity contribution in [2.75, 3.05) is 0 Å². The first-order chi connectivity index (χ1) is 7.16. The Kier molecular flexibility index (Phi) is 2.58. The molecule has 2 heteroatoms. The van der Waals surface area contributed by atoms with Gasteiger partial charge in [-0.05, 0) is 29.0 Å². The molecule has 0 aliphatic heterocycles. The van der Waals surface area contributed by atoms with Crippen LogP contribution in [0.5, 0.6) is 0 Å². The Morgan fingerprint density at radius 3 is 3.07 bits per heavy atom. The lowest BCUT2D eigenvalue weighted by Gasteiger charge is -2.10. The molecule has 15 heavy (non-hydrogen) atoms. The van der Waals surface area contributed by atoms with E-state index in [4.69, 9.17) is 5.11 Å². The number of hydrogen-bond donors (Lipinski definition) is 1. The second-order valence-electron chi connectivity index (χ2n) is 4.06. The third-order valence-corrected chi connectivity index (χ3v) is 2.85. The summed E-state index contributed by atoms with van der Waals surface area (Å²) in [5.41, 5.74) is 3.69. The number of allylic oxidation sites excluding steroid dienone is 1. The van der Waals surface area contributed by atoms with E-state index in [1.165, 1.54) is 11.1 Å². The summed E-state index contributed by atoms with van der Waals surface area (Å²) in [5.74, 6) is -0.652. The molecule has 1 N–H and O–H groups in total. The van der Waals surface area contributed by atoms with Gasteiger partial charge >= 0.3 is 5.97 Å². The van der Waals surface area contributed by atoms with Gasteiger partial charge in [0.1, 0.15) is 0 Å². The Morgan fingerprint density at radius 2 is 2.33 bits per heavy atom. The average molecular weight is 202 g/mol. The highest BCUT2D eigenvalue weighted by molar-refractivity contribution is 5.68. The van der Waals surface area contributed by atoms with Gasteiger partial charge in [-0.1, -0.05) is 37.3 Å². The molecule has 0 amide bonds. The van der Waals surface area contributed by atoms with E-state index in [9.17, 15) is 4.79 Å². The third kappa shape index (κ3) is 2.09. The van der Waals surface area contributed by atoms with Crippen molar-refractivity contribution in [3.8, 4) is 0 Å². The Balaban J connectivity index is 2.22. The van der Waals surface area contributed by atoms with E-state index in [-0.39, 0.29) is 12.3 Å². The number of hydrogen-bond acceptors (Lipinski definition) is 1. The second-order valence-corrected chi connectivity index (χ2v) is 4.06. The van der Waals surface area contributed by atoms with Crippen molar-refractivity contribution in [1.82, 2.24) is 0 Å². The fourth-order valence-electron chi connectivity index (χ4n) is 1.95. The first kappa shape index (κ1) is 9.97. The molecule has 0 radical (unpaired) electrons. The van der Waals surface area contributed by atoms with Crippen molar-refractivity contribution in [3.05, 3.63) is 41.0 Å². The van der Waals surface area contributed by atoms with Crippen LogP contribution in [0.1, 0.15) is 36.0 Å². The SMILES string of the molecule is CC(CC(=O)O)c1ccc2c(c1)C=CC2. The van der Waals surface area contributed by atoms with E-state index in [2.05, 4.69) is 24.3 Å². The zero-order valence-corrected chi connectivity index (χ0v) is 8.73. The second kappa shape index (κ2) is 3.89. The Bertz CT molecular complexity index is 419. The molecule has 1 aliphatic carbocycles. The molecule has 0 heterocycles. The number of carbonyl (C=O) groups is 1. The molecule has 1 unspecified atom stereocenters. The maximum atomic E-state index is 10.6. The van der Waals surface area contributed by atoms with Gasteiger partial charge in [-0.25, -0.2) is 0 Å². The summed E-state index contributed by atoms with van der Waals surface area (Å²) in [7, 11) is 0. The van der Waals surface area contributed by atoms with Crippen LogP contribution in [0.2, 0.25) is 0 Å². The first-order valence-electron chi connectivity index (χ1n) is 5.18. The van der Waals surface area contributed by atoms with Crippen molar-refractivity contribution in [1.29, 1.82) is 0 Å². The van der Waals surface area contributed by atoms with E-state index in [1.807, 2.05) is 13.0 Å². The summed E-state index contributed by atoms with van der Waals surface area (Å²) < 4.78 is 0. The van der Waals surface area contributed by atoms with Gasteiger partial charge in [-0.15, -0.1) is 0 Å². The highest BCUT2D eigenvalue weighted by Crippen LogP contribution is 2.26. The molecular formula is C13H14O2. The van der Waals surface area contributed by atoms with Crippen LogP contribution in [0.4, 0.5) is 0 Å². The zero-order chi connectivity index (χ0) is 10.8. The molecule has 1 atom stereocenters. The highest BCUT2D eigenvalue weighted by Gasteiger charge is 2.12. The Hall–Kier alpha value is -1.57. The summed E-state index contributed by atoms with van der Waals surface area (Å²) in [5, 5.41) is 8.72. The van der Waals surface area contributed by atoms with Crippen LogP contribution in [0.15, 0.2) is 24.3 Å². The molecule has 0 saturated carbocycles. The van der Waals surface area contributed by atoms with Gasteiger partial charge in [0.2, 0.25) is 0 Å². The fraction of sp³-hybridized carbons (Fsp3) is 0.308. The summed E-state index contributed by atoms with van der Waals surface area (Å²) in [6, 6.07) is 6.24. The smallest absolute Gasteiger partial charge is 0.303 e. The van der Waals surface area contributed by atoms with Gasteiger partial charge in [0.05, 0.1) is 6.42 Å². The van der Waals surface area contributed by atoms with E-state index in [1.54, 1.807) is 0 Å². The summed E-state index contributed by atoms with van der Waals surface area (Å²) in [6.45, 7) is 1.95. The minimum absolute atomic E-state index is 0.0850. The van der Waals surface area contributed by atoms with Gasteiger partial charge < -0.3 is 5.11 Å². The molecule has 0 aromatic heterocycles. The van der Waals surface area contributed by atoms with Crippen LogP contribution < -0.4 is 0 Å². The Labute approximate surface area is 89.2 Å². The predicted octanol–water partition coefficient (Wildman–Crippen LogP) is 2.83. The number of fused-ring (bicyclic) bond motifs is 1. The summed E-state index contributed by atoms with van der Waals surface area (Å²) >= 11 is 0. The zero-order valence-electron chi connectivity index (χ0n) is 8.73. The number of carboxylic acids is 1. The molecule has 0 spiro atoms. The third-order valence-electron chi connectivity index (χ3n) is 2.85. The van der Waals surface area contributed by atoms with Gasteiger partial charge in [-0.3, -0.25) is 4.79 Å². The maximum Gasteiger partial charge on any atom is 0.303 e. The monoisotopic (exact) mass is 202 g/mol. The van der Waals surface area contributed by atoms with Crippen molar-refractivity contribution in [2.24, 2.45) is 0 Å². The lowest BCUT2D eigenvalue weighted by atomic mass is 9.95. The average Bonchev–Trinajstić information content (AvgIpc) is 2.62. The molecular weight excluding hydrogens is 188 g/mol.